The highest BCUT2D eigenvalue weighted by atomic mass is 35.5. The maximum atomic E-state index is 15.2. The number of rotatable bonds is 5. The number of H-pyrrole nitrogens is 1. The highest BCUT2D eigenvalue weighted by Crippen LogP contribution is 2.33. The molecule has 11 heteroatoms. The van der Waals surface area contributed by atoms with Gasteiger partial charge in [-0.3, -0.25) is 14.6 Å². The largest absolute Gasteiger partial charge is 0.417 e. The van der Waals surface area contributed by atoms with Gasteiger partial charge in [-0.25, -0.2) is 9.37 Å². The van der Waals surface area contributed by atoms with Crippen molar-refractivity contribution in [1.82, 2.24) is 20.3 Å². The van der Waals surface area contributed by atoms with Gasteiger partial charge in [0.15, 0.2) is 0 Å². The number of carbonyl (C=O) groups is 1. The van der Waals surface area contributed by atoms with E-state index in [1.54, 1.807) is 13.8 Å². The third-order valence-electron chi connectivity index (χ3n) is 4.49. The topological polar surface area (TPSA) is 87.7 Å². The molecule has 0 radical (unpaired) electrons. The van der Waals surface area contributed by atoms with Gasteiger partial charge < -0.3 is 10.3 Å². The number of carbonyl (C=O) groups excluding carboxylic acids is 1. The van der Waals surface area contributed by atoms with Crippen LogP contribution in [-0.2, 0) is 17.5 Å². The molecule has 6 nitrogen and oxygen atoms in total. The molecule has 168 valence electrons. The fourth-order valence-electron chi connectivity index (χ4n) is 2.79. The van der Waals surface area contributed by atoms with E-state index in [1.165, 1.54) is 12.1 Å². The summed E-state index contributed by atoms with van der Waals surface area (Å²) < 4.78 is 54.2. The van der Waals surface area contributed by atoms with Crippen molar-refractivity contribution in [3.05, 3.63) is 69.0 Å². The Kier molecular flexibility index (Phi) is 6.63. The highest BCUT2D eigenvalue weighted by molar-refractivity contribution is 6.33. The normalized spacial score (nSPS) is 11.6. The third kappa shape index (κ3) is 5.13. The van der Waals surface area contributed by atoms with Crippen molar-refractivity contribution in [2.45, 2.75) is 26.6 Å². The smallest absolute Gasteiger partial charge is 0.352 e. The lowest BCUT2D eigenvalue weighted by atomic mass is 10.1. The SMILES string of the molecule is CC(C)C(=O)NCc1ccc(Cl)c(-c2nc(-c3cncc(C(F)(F)F)c3)cc(=O)[nH]2)c1F. The van der Waals surface area contributed by atoms with Crippen molar-refractivity contribution in [3.63, 3.8) is 0 Å². The van der Waals surface area contributed by atoms with Gasteiger partial charge in [-0.2, -0.15) is 13.2 Å². The number of nitrogens with one attached hydrogen (secondary N) is 2. The molecule has 0 fully saturated rings. The van der Waals surface area contributed by atoms with Gasteiger partial charge in [0.1, 0.15) is 11.6 Å². The molecule has 3 rings (SSSR count). The van der Waals surface area contributed by atoms with Crippen LogP contribution in [0.5, 0.6) is 0 Å². The number of aromatic nitrogens is 3. The van der Waals surface area contributed by atoms with Crippen LogP contribution >= 0.6 is 11.6 Å². The van der Waals surface area contributed by atoms with Crippen LogP contribution in [0.15, 0.2) is 41.5 Å². The fraction of sp³-hybridized carbons (Fsp3) is 0.238. The third-order valence-corrected chi connectivity index (χ3v) is 4.80. The number of hydrogen-bond acceptors (Lipinski definition) is 4. The first-order valence-corrected chi connectivity index (χ1v) is 9.74. The summed E-state index contributed by atoms with van der Waals surface area (Å²) in [5.74, 6) is -1.69. The molecule has 0 saturated heterocycles. The summed E-state index contributed by atoms with van der Waals surface area (Å²) in [6, 6.07) is 4.50. The molecule has 0 atom stereocenters. The van der Waals surface area contributed by atoms with E-state index in [0.29, 0.717) is 6.20 Å². The van der Waals surface area contributed by atoms with E-state index in [-0.39, 0.29) is 51.6 Å². The van der Waals surface area contributed by atoms with Crippen LogP contribution in [-0.4, -0.2) is 20.9 Å². The maximum Gasteiger partial charge on any atom is 0.417 e. The first-order valence-electron chi connectivity index (χ1n) is 9.36. The molecule has 0 spiro atoms. The number of aromatic amines is 1. The van der Waals surface area contributed by atoms with E-state index >= 15 is 4.39 Å². The number of halogens is 5. The second kappa shape index (κ2) is 9.07. The Morgan fingerprint density at radius 1 is 1.22 bits per heavy atom. The van der Waals surface area contributed by atoms with E-state index in [9.17, 15) is 22.8 Å². The maximum absolute atomic E-state index is 15.2. The van der Waals surface area contributed by atoms with E-state index in [1.807, 2.05) is 0 Å². The summed E-state index contributed by atoms with van der Waals surface area (Å²) in [7, 11) is 0. The summed E-state index contributed by atoms with van der Waals surface area (Å²) in [6.45, 7) is 3.23. The summed E-state index contributed by atoms with van der Waals surface area (Å²) in [5, 5.41) is 2.50. The van der Waals surface area contributed by atoms with Crippen LogP contribution < -0.4 is 10.9 Å². The molecular formula is C21H17ClF4N4O2. The van der Waals surface area contributed by atoms with Crippen molar-refractivity contribution in [3.8, 4) is 22.6 Å². The molecule has 0 saturated carbocycles. The molecule has 3 aromatic rings. The van der Waals surface area contributed by atoms with Crippen molar-refractivity contribution < 1.29 is 22.4 Å². The number of nitrogens with zero attached hydrogens (tertiary/aromatic N) is 2. The standard InChI is InChI=1S/C21H17ClF4N4O2/c1-10(2)20(32)28-8-11-3-4-14(22)17(18(11)23)19-29-15(6-16(31)30-19)12-5-13(9-27-7-12)21(24,25)26/h3-7,9-10H,8H2,1-2H3,(H,28,32)(H,29,30,31). The summed E-state index contributed by atoms with van der Waals surface area (Å²) in [4.78, 5) is 34.0. The Morgan fingerprint density at radius 3 is 2.59 bits per heavy atom. The van der Waals surface area contributed by atoms with Gasteiger partial charge in [-0.05, 0) is 12.1 Å². The van der Waals surface area contributed by atoms with Gasteiger partial charge in [0.25, 0.3) is 5.56 Å². The fourth-order valence-corrected chi connectivity index (χ4v) is 3.03. The lowest BCUT2D eigenvalue weighted by Crippen LogP contribution is -2.27. The highest BCUT2D eigenvalue weighted by Gasteiger charge is 2.31. The lowest BCUT2D eigenvalue weighted by molar-refractivity contribution is -0.137. The molecule has 0 aliphatic carbocycles. The lowest BCUT2D eigenvalue weighted by Gasteiger charge is -2.13. The van der Waals surface area contributed by atoms with E-state index in [0.717, 1.165) is 18.3 Å². The zero-order valence-electron chi connectivity index (χ0n) is 16.8. The number of benzene rings is 1. The Balaban J connectivity index is 2.06. The van der Waals surface area contributed by atoms with Crippen LogP contribution in [0.25, 0.3) is 22.6 Å². The zero-order chi connectivity index (χ0) is 23.6. The van der Waals surface area contributed by atoms with Crippen LogP contribution in [0.4, 0.5) is 17.6 Å². The van der Waals surface area contributed by atoms with Gasteiger partial charge in [-0.15, -0.1) is 0 Å². The second-order valence-electron chi connectivity index (χ2n) is 7.21. The average Bonchev–Trinajstić information content (AvgIpc) is 2.72. The Bertz CT molecular complexity index is 1230. The Labute approximate surface area is 184 Å². The minimum Gasteiger partial charge on any atom is -0.352 e. The van der Waals surface area contributed by atoms with Gasteiger partial charge in [0, 0.05) is 42.0 Å². The molecule has 1 amide bonds. The zero-order valence-corrected chi connectivity index (χ0v) is 17.6. The van der Waals surface area contributed by atoms with Gasteiger partial charge in [0.05, 0.1) is 21.8 Å². The van der Waals surface area contributed by atoms with Gasteiger partial charge in [0.2, 0.25) is 5.91 Å². The van der Waals surface area contributed by atoms with Crippen molar-refractivity contribution in [2.24, 2.45) is 5.92 Å². The van der Waals surface area contributed by atoms with Crippen molar-refractivity contribution in [2.75, 3.05) is 0 Å². The van der Waals surface area contributed by atoms with Gasteiger partial charge >= 0.3 is 6.18 Å². The van der Waals surface area contributed by atoms with Crippen LogP contribution in [0.2, 0.25) is 5.02 Å². The molecule has 0 aliphatic heterocycles. The molecule has 32 heavy (non-hydrogen) atoms. The van der Waals surface area contributed by atoms with E-state index in [4.69, 9.17) is 11.6 Å². The first-order chi connectivity index (χ1) is 15.0. The number of alkyl halides is 3. The predicted octanol–water partition coefficient (Wildman–Crippen LogP) is 4.58. The minimum absolute atomic E-state index is 0.0796. The van der Waals surface area contributed by atoms with Crippen molar-refractivity contribution >= 4 is 17.5 Å². The Hall–Kier alpha value is -3.27. The quantitative estimate of drug-likeness (QED) is 0.536. The minimum atomic E-state index is -4.64. The monoisotopic (exact) mass is 468 g/mol. The van der Waals surface area contributed by atoms with Crippen LogP contribution in [0.3, 0.4) is 0 Å². The average molecular weight is 469 g/mol. The number of pyridine rings is 1. The number of amides is 1. The van der Waals surface area contributed by atoms with Gasteiger partial charge in [-0.1, -0.05) is 31.5 Å². The molecular weight excluding hydrogens is 452 g/mol. The molecule has 2 heterocycles. The predicted molar refractivity (Wildman–Crippen MR) is 110 cm³/mol. The summed E-state index contributed by atoms with van der Waals surface area (Å²) >= 11 is 6.13. The molecule has 0 bridgehead atoms. The van der Waals surface area contributed by atoms with E-state index < -0.39 is 23.1 Å². The molecule has 1 aromatic carbocycles. The van der Waals surface area contributed by atoms with Crippen LogP contribution in [0.1, 0.15) is 25.0 Å². The van der Waals surface area contributed by atoms with Crippen LogP contribution in [0, 0.1) is 11.7 Å². The Morgan fingerprint density at radius 2 is 1.94 bits per heavy atom. The second-order valence-corrected chi connectivity index (χ2v) is 7.61. The summed E-state index contributed by atoms with van der Waals surface area (Å²) in [6.07, 6.45) is -2.89. The molecule has 2 aromatic heterocycles. The van der Waals surface area contributed by atoms with E-state index in [2.05, 4.69) is 20.3 Å². The van der Waals surface area contributed by atoms with Crippen molar-refractivity contribution in [1.29, 1.82) is 0 Å². The first kappa shape index (κ1) is 23.4. The summed E-state index contributed by atoms with van der Waals surface area (Å²) in [5.41, 5.74) is -2.13. The molecule has 0 unspecified atom stereocenters. The molecule has 0 aliphatic rings. The number of hydrogen-bond donors (Lipinski definition) is 2. The molecule has 2 N–H and O–H groups in total.